The van der Waals surface area contributed by atoms with Gasteiger partial charge in [-0.05, 0) is 61.6 Å². The quantitative estimate of drug-likeness (QED) is 0.637. The molecule has 0 N–H and O–H groups in total. The van der Waals surface area contributed by atoms with Gasteiger partial charge in [-0.1, -0.05) is 24.3 Å². The molecule has 0 aliphatic carbocycles. The lowest BCUT2D eigenvalue weighted by atomic mass is 9.98. The van der Waals surface area contributed by atoms with Crippen molar-refractivity contribution in [3.05, 3.63) is 70.8 Å². The zero-order chi connectivity index (χ0) is 20.6. The molecule has 0 amide bonds. The fourth-order valence-electron chi connectivity index (χ4n) is 3.58. The van der Waals surface area contributed by atoms with E-state index in [1.54, 1.807) is 7.11 Å². The van der Waals surface area contributed by atoms with Gasteiger partial charge >= 0.3 is 0 Å². The van der Waals surface area contributed by atoms with Gasteiger partial charge in [0, 0.05) is 11.1 Å². The molecule has 0 saturated heterocycles. The molecule has 0 spiro atoms. The highest BCUT2D eigenvalue weighted by molar-refractivity contribution is 8.32. The van der Waals surface area contributed by atoms with Crippen molar-refractivity contribution in [2.75, 3.05) is 31.6 Å². The number of aliphatic imine (C=N–C) groups is 1. The maximum absolute atomic E-state index is 5.49. The van der Waals surface area contributed by atoms with Gasteiger partial charge < -0.3 is 4.74 Å². The first-order valence-corrected chi connectivity index (χ1v) is 12.8. The van der Waals surface area contributed by atoms with Gasteiger partial charge in [0.15, 0.2) is 5.82 Å². The summed E-state index contributed by atoms with van der Waals surface area (Å²) in [5.74, 6) is 3.78. The molecule has 6 heteroatoms. The van der Waals surface area contributed by atoms with Crippen LogP contribution in [0.3, 0.4) is 0 Å². The van der Waals surface area contributed by atoms with Gasteiger partial charge in [-0.2, -0.15) is 0 Å². The summed E-state index contributed by atoms with van der Waals surface area (Å²) < 4.78 is 7.58. The van der Waals surface area contributed by atoms with E-state index in [-0.39, 0.29) is 0 Å². The largest absolute Gasteiger partial charge is 0.497 e. The van der Waals surface area contributed by atoms with Crippen LogP contribution in [0.1, 0.15) is 28.3 Å². The molecule has 0 radical (unpaired) electrons. The third kappa shape index (κ3) is 4.08. The number of rotatable bonds is 5. The lowest BCUT2D eigenvalue weighted by Gasteiger charge is -2.24. The van der Waals surface area contributed by atoms with Gasteiger partial charge in [0.1, 0.15) is 18.1 Å². The van der Waals surface area contributed by atoms with Crippen LogP contribution in [0.5, 0.6) is 5.75 Å². The van der Waals surface area contributed by atoms with Crippen molar-refractivity contribution in [1.82, 2.24) is 14.8 Å². The van der Waals surface area contributed by atoms with Gasteiger partial charge in [-0.3, -0.25) is 9.56 Å². The van der Waals surface area contributed by atoms with Crippen molar-refractivity contribution < 1.29 is 4.74 Å². The molecule has 152 valence electrons. The van der Waals surface area contributed by atoms with Gasteiger partial charge in [0.2, 0.25) is 0 Å². The van der Waals surface area contributed by atoms with Crippen LogP contribution in [0, 0.1) is 6.92 Å². The maximum Gasteiger partial charge on any atom is 0.159 e. The fourth-order valence-corrected chi connectivity index (χ4v) is 4.43. The van der Waals surface area contributed by atoms with Crippen LogP contribution in [0.25, 0.3) is 5.69 Å². The Morgan fingerprint density at radius 1 is 1.03 bits per heavy atom. The van der Waals surface area contributed by atoms with Crippen LogP contribution in [0.4, 0.5) is 0 Å². The third-order valence-corrected chi connectivity index (χ3v) is 6.63. The highest BCUT2D eigenvalue weighted by Gasteiger charge is 2.22. The normalized spacial score (nSPS) is 13.9. The Bertz CT molecular complexity index is 1060. The van der Waals surface area contributed by atoms with Crippen molar-refractivity contribution in [1.29, 1.82) is 0 Å². The van der Waals surface area contributed by atoms with Crippen LogP contribution < -0.4 is 4.74 Å². The summed E-state index contributed by atoms with van der Waals surface area (Å²) >= 11 is 0. The number of benzene rings is 2. The smallest absolute Gasteiger partial charge is 0.159 e. The van der Waals surface area contributed by atoms with E-state index in [9.17, 15) is 0 Å². The lowest BCUT2D eigenvalue weighted by molar-refractivity contribution is 0.414. The zero-order valence-corrected chi connectivity index (χ0v) is 18.6. The number of aryl methyl sites for hydroxylation is 2. The minimum Gasteiger partial charge on any atom is -0.497 e. The number of hydrogen-bond donors (Lipinski definition) is 0. The summed E-state index contributed by atoms with van der Waals surface area (Å²) in [6.45, 7) is 2.48. The number of ether oxygens (including phenoxy) is 1. The molecule has 0 atom stereocenters. The van der Waals surface area contributed by atoms with E-state index >= 15 is 0 Å². The van der Waals surface area contributed by atoms with E-state index in [0.29, 0.717) is 6.54 Å². The van der Waals surface area contributed by atoms with Crippen molar-refractivity contribution >= 4 is 15.7 Å². The minimum atomic E-state index is -0.487. The van der Waals surface area contributed by atoms with E-state index < -0.39 is 10.0 Å². The summed E-state index contributed by atoms with van der Waals surface area (Å²) in [6.07, 6.45) is 8.22. The summed E-state index contributed by atoms with van der Waals surface area (Å²) in [6, 6.07) is 14.9. The molecule has 0 bridgehead atoms. The fraction of sp³-hybridized carbons (Fsp3) is 0.348. The summed E-state index contributed by atoms with van der Waals surface area (Å²) in [7, 11) is 1.20. The second kappa shape index (κ2) is 7.67. The van der Waals surface area contributed by atoms with E-state index in [2.05, 4.69) is 69.9 Å². The third-order valence-electron chi connectivity index (χ3n) is 5.20. The summed E-state index contributed by atoms with van der Waals surface area (Å²) in [5, 5.41) is 8.57. The minimum absolute atomic E-state index is 0.487. The number of methoxy groups -OCH3 is 1. The zero-order valence-electron chi connectivity index (χ0n) is 17.8. The molecule has 0 unspecified atom stereocenters. The van der Waals surface area contributed by atoms with E-state index in [1.807, 2.05) is 13.0 Å². The first kappa shape index (κ1) is 19.7. The monoisotopic (exact) mass is 408 g/mol. The number of hydrogen-bond acceptors (Lipinski definition) is 4. The molecule has 2 aromatic carbocycles. The van der Waals surface area contributed by atoms with Crippen molar-refractivity contribution in [3.8, 4) is 11.4 Å². The molecule has 1 aliphatic rings. The molecule has 3 aromatic rings. The Kier molecular flexibility index (Phi) is 5.21. The average Bonchev–Trinajstić information content (AvgIpc) is 2.98. The standard InChI is InChI=1S/C23H28N4OS/c1-16-25-26-22-15-24-23(20-14-19(28-2)10-11-21(20)27(16)22)18-8-6-17(7-9-18)12-13-29(3,4)5/h6-11,14H,12-13,15H2,1-5H3. The molecule has 29 heavy (non-hydrogen) atoms. The van der Waals surface area contributed by atoms with E-state index in [0.717, 1.165) is 46.3 Å². The molecule has 1 aliphatic heterocycles. The van der Waals surface area contributed by atoms with Crippen LogP contribution in [-0.2, 0) is 13.0 Å². The molecule has 1 aromatic heterocycles. The predicted octanol–water partition coefficient (Wildman–Crippen LogP) is 4.17. The number of aromatic nitrogens is 3. The van der Waals surface area contributed by atoms with Crippen molar-refractivity contribution in [2.45, 2.75) is 19.9 Å². The lowest BCUT2D eigenvalue weighted by Crippen LogP contribution is -2.09. The molecular formula is C23H28N4OS. The van der Waals surface area contributed by atoms with Crippen LogP contribution in [0.15, 0.2) is 47.5 Å². The van der Waals surface area contributed by atoms with E-state index in [4.69, 9.17) is 9.73 Å². The van der Waals surface area contributed by atoms with Gasteiger partial charge in [0.25, 0.3) is 0 Å². The molecule has 2 heterocycles. The Morgan fingerprint density at radius 3 is 2.48 bits per heavy atom. The van der Waals surface area contributed by atoms with Gasteiger partial charge in [0.05, 0.1) is 18.5 Å². The second-order valence-electron chi connectivity index (χ2n) is 8.29. The molecular weight excluding hydrogens is 380 g/mol. The molecule has 4 rings (SSSR count). The number of fused-ring (bicyclic) bond motifs is 3. The first-order valence-electron chi connectivity index (χ1n) is 9.75. The predicted molar refractivity (Wildman–Crippen MR) is 122 cm³/mol. The Morgan fingerprint density at radius 2 is 1.79 bits per heavy atom. The second-order valence-corrected chi connectivity index (χ2v) is 12.9. The Balaban J connectivity index is 1.74. The highest BCUT2D eigenvalue weighted by atomic mass is 32.3. The van der Waals surface area contributed by atoms with Gasteiger partial charge in [-0.15, -0.1) is 10.2 Å². The van der Waals surface area contributed by atoms with E-state index in [1.165, 1.54) is 11.3 Å². The maximum atomic E-state index is 5.49. The summed E-state index contributed by atoms with van der Waals surface area (Å²) in [5.41, 5.74) is 5.54. The summed E-state index contributed by atoms with van der Waals surface area (Å²) in [4.78, 5) is 4.92. The molecule has 5 nitrogen and oxygen atoms in total. The first-order chi connectivity index (χ1) is 13.9. The van der Waals surface area contributed by atoms with Crippen LogP contribution >= 0.6 is 10.0 Å². The topological polar surface area (TPSA) is 52.3 Å². The average molecular weight is 409 g/mol. The molecule has 0 fully saturated rings. The van der Waals surface area contributed by atoms with Crippen LogP contribution in [-0.4, -0.2) is 52.1 Å². The van der Waals surface area contributed by atoms with Crippen LogP contribution in [0.2, 0.25) is 0 Å². The Labute approximate surface area is 174 Å². The van der Waals surface area contributed by atoms with Crippen molar-refractivity contribution in [3.63, 3.8) is 0 Å². The molecule has 0 saturated carbocycles. The van der Waals surface area contributed by atoms with Gasteiger partial charge in [-0.25, -0.2) is 10.0 Å². The number of nitrogens with zero attached hydrogens (tertiary/aromatic N) is 4. The SMILES string of the molecule is COc1ccc2c(c1)C(c1ccc(CCS(C)(C)C)cc1)=NCc1nnc(C)n1-2. The Hall–Kier alpha value is -2.60. The highest BCUT2D eigenvalue weighted by Crippen LogP contribution is 2.35. The van der Waals surface area contributed by atoms with Crippen molar-refractivity contribution in [2.24, 2.45) is 4.99 Å².